The van der Waals surface area contributed by atoms with Crippen LogP contribution >= 0.6 is 11.3 Å². The van der Waals surface area contributed by atoms with Crippen LogP contribution in [0.15, 0.2) is 24.5 Å². The number of rotatable bonds is 3. The van der Waals surface area contributed by atoms with E-state index in [0.29, 0.717) is 10.7 Å². The average Bonchev–Trinajstić information content (AvgIpc) is 2.76. The van der Waals surface area contributed by atoms with Gasteiger partial charge in [-0.1, -0.05) is 0 Å². The van der Waals surface area contributed by atoms with E-state index < -0.39 is 5.97 Å². The largest absolute Gasteiger partial charge is 0.478 e. The molecule has 92 valence electrons. The summed E-state index contributed by atoms with van der Waals surface area (Å²) in [5.74, 6) is -1.06. The van der Waals surface area contributed by atoms with Crippen LogP contribution in [0.4, 0.5) is 5.82 Å². The van der Waals surface area contributed by atoms with Crippen molar-refractivity contribution < 1.29 is 14.7 Å². The van der Waals surface area contributed by atoms with Crippen LogP contribution in [0.5, 0.6) is 0 Å². The van der Waals surface area contributed by atoms with E-state index in [9.17, 15) is 9.59 Å². The molecule has 0 spiro atoms. The molecule has 0 saturated carbocycles. The molecule has 2 heterocycles. The van der Waals surface area contributed by atoms with Crippen molar-refractivity contribution in [2.45, 2.75) is 6.92 Å². The van der Waals surface area contributed by atoms with Crippen molar-refractivity contribution in [2.75, 3.05) is 5.32 Å². The van der Waals surface area contributed by atoms with Gasteiger partial charge in [0.1, 0.15) is 10.7 Å². The van der Waals surface area contributed by atoms with E-state index in [4.69, 9.17) is 5.11 Å². The molecule has 2 N–H and O–H groups in total. The summed E-state index contributed by atoms with van der Waals surface area (Å²) in [6, 6.07) is 2.82. The van der Waals surface area contributed by atoms with Crippen LogP contribution in [0.3, 0.4) is 0 Å². The number of aromatic carboxylic acids is 1. The van der Waals surface area contributed by atoms with Gasteiger partial charge in [0.2, 0.25) is 0 Å². The Hall–Kier alpha value is -2.28. The van der Waals surface area contributed by atoms with Crippen molar-refractivity contribution in [3.05, 3.63) is 40.0 Å². The molecule has 0 aliphatic carbocycles. The Morgan fingerprint density at radius 3 is 2.56 bits per heavy atom. The highest BCUT2D eigenvalue weighted by atomic mass is 32.1. The molecular formula is C11H9N3O3S. The number of pyridine rings is 1. The zero-order valence-electron chi connectivity index (χ0n) is 9.38. The zero-order chi connectivity index (χ0) is 13.1. The van der Waals surface area contributed by atoms with Crippen molar-refractivity contribution in [2.24, 2.45) is 0 Å². The summed E-state index contributed by atoms with van der Waals surface area (Å²) in [5, 5.41) is 12.1. The van der Waals surface area contributed by atoms with E-state index in [1.165, 1.54) is 35.9 Å². The van der Waals surface area contributed by atoms with Gasteiger partial charge < -0.3 is 10.4 Å². The lowest BCUT2D eigenvalue weighted by Gasteiger charge is -2.02. The minimum atomic E-state index is -1.06. The van der Waals surface area contributed by atoms with Crippen LogP contribution in [0, 0.1) is 6.92 Å². The predicted molar refractivity (Wildman–Crippen MR) is 66.0 cm³/mol. The summed E-state index contributed by atoms with van der Waals surface area (Å²) in [4.78, 5) is 30.7. The first kappa shape index (κ1) is 12.2. The van der Waals surface area contributed by atoms with E-state index in [-0.39, 0.29) is 11.5 Å². The second kappa shape index (κ2) is 4.92. The monoisotopic (exact) mass is 263 g/mol. The number of carboxylic acids is 1. The molecule has 2 rings (SSSR count). The van der Waals surface area contributed by atoms with Gasteiger partial charge in [-0.25, -0.2) is 14.8 Å². The first-order valence-corrected chi connectivity index (χ1v) is 5.81. The van der Waals surface area contributed by atoms with Gasteiger partial charge in [0, 0.05) is 6.20 Å². The fourth-order valence-electron chi connectivity index (χ4n) is 1.24. The molecule has 0 unspecified atom stereocenters. The van der Waals surface area contributed by atoms with Crippen LogP contribution < -0.4 is 5.32 Å². The Balaban J connectivity index is 2.10. The van der Waals surface area contributed by atoms with Crippen LogP contribution in [-0.2, 0) is 0 Å². The SMILES string of the molecule is Cc1ncc(C(=O)Nc2ccc(C(=O)O)cn2)s1. The first-order chi connectivity index (χ1) is 8.56. The Kier molecular flexibility index (Phi) is 3.33. The van der Waals surface area contributed by atoms with E-state index in [0.717, 1.165) is 5.01 Å². The highest BCUT2D eigenvalue weighted by Crippen LogP contribution is 2.13. The lowest BCUT2D eigenvalue weighted by atomic mass is 10.3. The van der Waals surface area contributed by atoms with Gasteiger partial charge in [0.25, 0.3) is 5.91 Å². The number of nitrogens with zero attached hydrogens (tertiary/aromatic N) is 2. The number of carbonyl (C=O) groups excluding carboxylic acids is 1. The molecule has 0 saturated heterocycles. The summed E-state index contributed by atoms with van der Waals surface area (Å²) in [6.45, 7) is 1.81. The maximum Gasteiger partial charge on any atom is 0.337 e. The number of thiazole rings is 1. The quantitative estimate of drug-likeness (QED) is 0.880. The van der Waals surface area contributed by atoms with Gasteiger partial charge in [0.05, 0.1) is 16.8 Å². The predicted octanol–water partition coefficient (Wildman–Crippen LogP) is 1.80. The molecular weight excluding hydrogens is 254 g/mol. The summed E-state index contributed by atoms with van der Waals surface area (Å²) in [6.07, 6.45) is 2.68. The fraction of sp³-hybridized carbons (Fsp3) is 0.0909. The second-order valence-corrected chi connectivity index (χ2v) is 4.67. The van der Waals surface area contributed by atoms with E-state index >= 15 is 0 Å². The van der Waals surface area contributed by atoms with Gasteiger partial charge in [-0.05, 0) is 19.1 Å². The molecule has 7 heteroatoms. The summed E-state index contributed by atoms with van der Waals surface area (Å²) in [7, 11) is 0. The maximum atomic E-state index is 11.7. The lowest BCUT2D eigenvalue weighted by molar-refractivity contribution is 0.0696. The number of hydrogen-bond donors (Lipinski definition) is 2. The van der Waals surface area contributed by atoms with Crippen molar-refractivity contribution in [1.29, 1.82) is 0 Å². The number of anilines is 1. The fourth-order valence-corrected chi connectivity index (χ4v) is 1.91. The third kappa shape index (κ3) is 2.69. The third-order valence-corrected chi connectivity index (χ3v) is 3.01. The van der Waals surface area contributed by atoms with Gasteiger partial charge in [-0.2, -0.15) is 0 Å². The molecule has 0 bridgehead atoms. The number of nitrogens with one attached hydrogen (secondary N) is 1. The Morgan fingerprint density at radius 2 is 2.06 bits per heavy atom. The standard InChI is InChI=1S/C11H9N3O3S/c1-6-12-5-8(18-6)10(15)14-9-3-2-7(4-13-9)11(16)17/h2-5H,1H3,(H,16,17)(H,13,14,15). The number of carbonyl (C=O) groups is 2. The zero-order valence-corrected chi connectivity index (χ0v) is 10.2. The van der Waals surface area contributed by atoms with Crippen molar-refractivity contribution in [3.63, 3.8) is 0 Å². The molecule has 6 nitrogen and oxygen atoms in total. The Labute approximate surface area is 106 Å². The number of aryl methyl sites for hydroxylation is 1. The molecule has 0 aliphatic heterocycles. The minimum Gasteiger partial charge on any atom is -0.478 e. The minimum absolute atomic E-state index is 0.0710. The Bertz CT molecular complexity index is 592. The van der Waals surface area contributed by atoms with Gasteiger partial charge in [-0.15, -0.1) is 11.3 Å². The highest BCUT2D eigenvalue weighted by Gasteiger charge is 2.10. The molecule has 0 aliphatic rings. The van der Waals surface area contributed by atoms with E-state index in [2.05, 4.69) is 15.3 Å². The molecule has 2 aromatic heterocycles. The number of hydrogen-bond acceptors (Lipinski definition) is 5. The van der Waals surface area contributed by atoms with Crippen LogP contribution in [-0.4, -0.2) is 27.0 Å². The number of carboxylic acid groups (broad SMARTS) is 1. The lowest BCUT2D eigenvalue weighted by Crippen LogP contribution is -2.11. The van der Waals surface area contributed by atoms with Gasteiger partial charge in [0.15, 0.2) is 0 Å². The molecule has 0 aromatic carbocycles. The smallest absolute Gasteiger partial charge is 0.337 e. The third-order valence-electron chi connectivity index (χ3n) is 2.10. The van der Waals surface area contributed by atoms with E-state index in [1.54, 1.807) is 6.92 Å². The van der Waals surface area contributed by atoms with E-state index in [1.807, 2.05) is 0 Å². The van der Waals surface area contributed by atoms with Crippen molar-refractivity contribution in [1.82, 2.24) is 9.97 Å². The van der Waals surface area contributed by atoms with Crippen molar-refractivity contribution in [3.8, 4) is 0 Å². The number of aromatic nitrogens is 2. The Morgan fingerprint density at radius 1 is 1.28 bits per heavy atom. The molecule has 1 amide bonds. The van der Waals surface area contributed by atoms with Crippen LogP contribution in [0.2, 0.25) is 0 Å². The summed E-state index contributed by atoms with van der Waals surface area (Å²) < 4.78 is 0. The summed E-state index contributed by atoms with van der Waals surface area (Å²) >= 11 is 1.28. The normalized spacial score (nSPS) is 10.1. The van der Waals surface area contributed by atoms with Gasteiger partial charge in [-0.3, -0.25) is 4.79 Å². The molecule has 0 fully saturated rings. The maximum absolute atomic E-state index is 11.7. The molecule has 18 heavy (non-hydrogen) atoms. The highest BCUT2D eigenvalue weighted by molar-refractivity contribution is 7.13. The second-order valence-electron chi connectivity index (χ2n) is 3.43. The average molecular weight is 263 g/mol. The van der Waals surface area contributed by atoms with Crippen LogP contribution in [0.1, 0.15) is 25.0 Å². The molecule has 2 aromatic rings. The number of amides is 1. The first-order valence-electron chi connectivity index (χ1n) is 4.99. The topological polar surface area (TPSA) is 92.2 Å². The molecule has 0 radical (unpaired) electrons. The van der Waals surface area contributed by atoms with Crippen LogP contribution in [0.25, 0.3) is 0 Å². The van der Waals surface area contributed by atoms with Crippen molar-refractivity contribution >= 4 is 29.0 Å². The molecule has 0 atom stereocenters. The van der Waals surface area contributed by atoms with Gasteiger partial charge >= 0.3 is 5.97 Å². The summed E-state index contributed by atoms with van der Waals surface area (Å²) in [5.41, 5.74) is 0.0710.